The molecule has 0 bridgehead atoms. The molecule has 6 heteroatoms. The van der Waals surface area contributed by atoms with Crippen molar-refractivity contribution < 1.29 is 14.3 Å². The van der Waals surface area contributed by atoms with Gasteiger partial charge in [0.25, 0.3) is 5.91 Å². The molecule has 1 N–H and O–H groups in total. The van der Waals surface area contributed by atoms with E-state index in [2.05, 4.69) is 12.2 Å². The van der Waals surface area contributed by atoms with Crippen LogP contribution in [0.3, 0.4) is 0 Å². The molecule has 0 spiro atoms. The van der Waals surface area contributed by atoms with E-state index in [4.69, 9.17) is 9.47 Å². The van der Waals surface area contributed by atoms with Crippen LogP contribution in [0.2, 0.25) is 0 Å². The largest absolute Gasteiger partial charge is 0.490 e. The number of likely N-dealkylation sites (N-methyl/N-ethyl adjacent to an activating group) is 1. The van der Waals surface area contributed by atoms with Crippen LogP contribution in [-0.2, 0) is 0 Å². The molecule has 0 saturated carbocycles. The number of rotatable bonds is 7. The maximum atomic E-state index is 12.6. The molecule has 1 aromatic rings. The van der Waals surface area contributed by atoms with Gasteiger partial charge in [-0.15, -0.1) is 12.4 Å². The number of ether oxygens (including phenoxy) is 2. The second-order valence-corrected chi connectivity index (χ2v) is 5.51. The smallest absolute Gasteiger partial charge is 0.254 e. The molecule has 0 aliphatic carbocycles. The predicted molar refractivity (Wildman–Crippen MR) is 94.0 cm³/mol. The molecular formula is C17H27ClN2O3. The van der Waals surface area contributed by atoms with Crippen LogP contribution in [0.1, 0.15) is 37.0 Å². The van der Waals surface area contributed by atoms with Gasteiger partial charge in [0.05, 0.1) is 13.2 Å². The molecule has 130 valence electrons. The number of hydrogen-bond donors (Lipinski definition) is 1. The van der Waals surface area contributed by atoms with E-state index in [0.717, 1.165) is 25.9 Å². The molecule has 1 heterocycles. The lowest BCUT2D eigenvalue weighted by molar-refractivity contribution is 0.0743. The molecule has 1 fully saturated rings. The molecule has 1 aliphatic heterocycles. The fraction of sp³-hybridized carbons (Fsp3) is 0.588. The van der Waals surface area contributed by atoms with E-state index >= 15 is 0 Å². The Balaban J connectivity index is 0.00000264. The fourth-order valence-corrected chi connectivity index (χ4v) is 2.58. The standard InChI is InChI=1S/C17H26N2O3.ClH/c1-4-10-22-15-7-6-13(11-16(15)21-5-2)17(20)19(3)14-8-9-18-12-14;/h6-7,11,14,18H,4-5,8-10,12H2,1-3H3;1H. The van der Waals surface area contributed by atoms with Gasteiger partial charge in [-0.3, -0.25) is 4.79 Å². The third-order valence-corrected chi connectivity index (χ3v) is 3.85. The van der Waals surface area contributed by atoms with Crippen molar-refractivity contribution >= 4 is 18.3 Å². The summed E-state index contributed by atoms with van der Waals surface area (Å²) in [6, 6.07) is 5.69. The highest BCUT2D eigenvalue weighted by Crippen LogP contribution is 2.29. The van der Waals surface area contributed by atoms with Gasteiger partial charge in [-0.25, -0.2) is 0 Å². The second-order valence-electron chi connectivity index (χ2n) is 5.51. The number of nitrogens with zero attached hydrogens (tertiary/aromatic N) is 1. The molecule has 23 heavy (non-hydrogen) atoms. The van der Waals surface area contributed by atoms with E-state index in [1.165, 1.54) is 0 Å². The number of carbonyl (C=O) groups is 1. The summed E-state index contributed by atoms with van der Waals surface area (Å²) in [4.78, 5) is 14.4. The van der Waals surface area contributed by atoms with Gasteiger partial charge in [-0.2, -0.15) is 0 Å². The van der Waals surface area contributed by atoms with E-state index in [1.54, 1.807) is 6.07 Å². The highest BCUT2D eigenvalue weighted by molar-refractivity contribution is 5.95. The minimum atomic E-state index is 0. The number of amides is 1. The lowest BCUT2D eigenvalue weighted by atomic mass is 10.1. The lowest BCUT2D eigenvalue weighted by Gasteiger charge is -2.24. The average Bonchev–Trinajstić information content (AvgIpc) is 3.07. The summed E-state index contributed by atoms with van der Waals surface area (Å²) in [6.45, 7) is 7.00. The summed E-state index contributed by atoms with van der Waals surface area (Å²) in [5.74, 6) is 1.36. The quantitative estimate of drug-likeness (QED) is 0.827. The van der Waals surface area contributed by atoms with Gasteiger partial charge in [-0.05, 0) is 44.5 Å². The van der Waals surface area contributed by atoms with Crippen molar-refractivity contribution in [1.29, 1.82) is 0 Å². The van der Waals surface area contributed by atoms with E-state index < -0.39 is 0 Å². The first kappa shape index (κ1) is 19.6. The Bertz CT molecular complexity index is 505. The number of hydrogen-bond acceptors (Lipinski definition) is 4. The third-order valence-electron chi connectivity index (χ3n) is 3.85. The minimum Gasteiger partial charge on any atom is -0.490 e. The highest BCUT2D eigenvalue weighted by Gasteiger charge is 2.24. The average molecular weight is 343 g/mol. The van der Waals surface area contributed by atoms with Gasteiger partial charge < -0.3 is 19.7 Å². The number of nitrogens with one attached hydrogen (secondary N) is 1. The predicted octanol–water partition coefficient (Wildman–Crippen LogP) is 2.73. The Morgan fingerprint density at radius 1 is 1.30 bits per heavy atom. The van der Waals surface area contributed by atoms with Crippen LogP contribution >= 0.6 is 12.4 Å². The summed E-state index contributed by atoms with van der Waals surface area (Å²) < 4.78 is 11.3. The first-order chi connectivity index (χ1) is 10.7. The number of benzene rings is 1. The zero-order valence-corrected chi connectivity index (χ0v) is 14.9. The molecule has 1 aliphatic rings. The van der Waals surface area contributed by atoms with Gasteiger partial charge in [-0.1, -0.05) is 6.92 Å². The van der Waals surface area contributed by atoms with Crippen molar-refractivity contribution in [2.24, 2.45) is 0 Å². The lowest BCUT2D eigenvalue weighted by Crippen LogP contribution is -2.38. The van der Waals surface area contributed by atoms with Crippen molar-refractivity contribution in [3.63, 3.8) is 0 Å². The van der Waals surface area contributed by atoms with Crippen LogP contribution in [0, 0.1) is 0 Å². The monoisotopic (exact) mass is 342 g/mol. The van der Waals surface area contributed by atoms with Gasteiger partial charge in [0.1, 0.15) is 0 Å². The second kappa shape index (κ2) is 9.63. The summed E-state index contributed by atoms with van der Waals surface area (Å²) in [5.41, 5.74) is 0.640. The van der Waals surface area contributed by atoms with E-state index in [-0.39, 0.29) is 24.4 Å². The molecule has 1 aromatic carbocycles. The summed E-state index contributed by atoms with van der Waals surface area (Å²) in [5, 5.41) is 3.28. The van der Waals surface area contributed by atoms with E-state index in [9.17, 15) is 4.79 Å². The summed E-state index contributed by atoms with van der Waals surface area (Å²) in [6.07, 6.45) is 1.93. The molecule has 5 nitrogen and oxygen atoms in total. The Hall–Kier alpha value is -1.46. The van der Waals surface area contributed by atoms with E-state index in [1.807, 2.05) is 31.0 Å². The van der Waals surface area contributed by atoms with E-state index in [0.29, 0.717) is 30.3 Å². The Labute approximate surface area is 144 Å². The Morgan fingerprint density at radius 3 is 2.70 bits per heavy atom. The van der Waals surface area contributed by atoms with Gasteiger partial charge >= 0.3 is 0 Å². The molecule has 1 atom stereocenters. The van der Waals surface area contributed by atoms with Gasteiger partial charge in [0, 0.05) is 25.2 Å². The molecule has 0 radical (unpaired) electrons. The van der Waals surface area contributed by atoms with Crippen molar-refractivity contribution in [3.8, 4) is 11.5 Å². The SMILES string of the molecule is CCCOc1ccc(C(=O)N(C)C2CCNC2)cc1OCC.Cl. The maximum absolute atomic E-state index is 12.6. The van der Waals surface area contributed by atoms with Crippen LogP contribution in [-0.4, -0.2) is 50.2 Å². The zero-order valence-electron chi connectivity index (χ0n) is 14.1. The zero-order chi connectivity index (χ0) is 15.9. The Kier molecular flexibility index (Phi) is 8.20. The summed E-state index contributed by atoms with van der Waals surface area (Å²) >= 11 is 0. The molecule has 1 saturated heterocycles. The minimum absolute atomic E-state index is 0. The van der Waals surface area contributed by atoms with Crippen molar-refractivity contribution in [2.45, 2.75) is 32.7 Å². The third kappa shape index (κ3) is 5.01. The van der Waals surface area contributed by atoms with Gasteiger partial charge in [0.2, 0.25) is 0 Å². The van der Waals surface area contributed by atoms with Crippen molar-refractivity contribution in [1.82, 2.24) is 10.2 Å². The molecule has 2 rings (SSSR count). The Morgan fingerprint density at radius 2 is 2.09 bits per heavy atom. The first-order valence-electron chi connectivity index (χ1n) is 8.04. The van der Waals surface area contributed by atoms with Gasteiger partial charge in [0.15, 0.2) is 11.5 Å². The number of carbonyl (C=O) groups excluding carboxylic acids is 1. The van der Waals surface area contributed by atoms with Crippen LogP contribution in [0.4, 0.5) is 0 Å². The number of halogens is 1. The van der Waals surface area contributed by atoms with Crippen molar-refractivity contribution in [2.75, 3.05) is 33.4 Å². The van der Waals surface area contributed by atoms with Crippen LogP contribution in [0.5, 0.6) is 11.5 Å². The van der Waals surface area contributed by atoms with Crippen LogP contribution in [0.25, 0.3) is 0 Å². The maximum Gasteiger partial charge on any atom is 0.254 e. The van der Waals surface area contributed by atoms with Crippen molar-refractivity contribution in [3.05, 3.63) is 23.8 Å². The topological polar surface area (TPSA) is 50.8 Å². The summed E-state index contributed by atoms with van der Waals surface area (Å²) in [7, 11) is 1.86. The molecule has 1 unspecified atom stereocenters. The molecular weight excluding hydrogens is 316 g/mol. The highest BCUT2D eigenvalue weighted by atomic mass is 35.5. The molecule has 1 amide bonds. The fourth-order valence-electron chi connectivity index (χ4n) is 2.58. The molecule has 0 aromatic heterocycles. The first-order valence-corrected chi connectivity index (χ1v) is 8.04. The van der Waals surface area contributed by atoms with Crippen LogP contribution in [0.15, 0.2) is 18.2 Å². The normalized spacial score (nSPS) is 16.6. The van der Waals surface area contributed by atoms with Crippen LogP contribution < -0.4 is 14.8 Å².